The number of rotatable bonds is 4. The zero-order valence-corrected chi connectivity index (χ0v) is 10.7. The standard InChI is InChI=1S/C16H16F2O/c1-11-2-5-13(6-3-11)14(10-19)8-12-4-7-15(17)16(18)9-12/h2-7,9,14,19H,8,10H2,1H3. The minimum absolute atomic E-state index is 0.0257. The first-order valence-corrected chi connectivity index (χ1v) is 6.21. The molecule has 0 aromatic heterocycles. The van der Waals surface area contributed by atoms with Gasteiger partial charge in [-0.25, -0.2) is 8.78 Å². The van der Waals surface area contributed by atoms with Crippen LogP contribution in [0.5, 0.6) is 0 Å². The summed E-state index contributed by atoms with van der Waals surface area (Å²) in [5.74, 6) is -1.80. The van der Waals surface area contributed by atoms with Crippen LogP contribution < -0.4 is 0 Å². The highest BCUT2D eigenvalue weighted by Crippen LogP contribution is 2.22. The molecule has 100 valence electrons. The van der Waals surface area contributed by atoms with Crippen LogP contribution >= 0.6 is 0 Å². The number of benzene rings is 2. The Morgan fingerprint density at radius 3 is 2.26 bits per heavy atom. The number of aryl methyl sites for hydroxylation is 1. The molecule has 0 saturated carbocycles. The van der Waals surface area contributed by atoms with Crippen LogP contribution in [0.2, 0.25) is 0 Å². The maximum atomic E-state index is 13.2. The molecule has 0 aliphatic carbocycles. The second-order valence-electron chi connectivity index (χ2n) is 4.74. The van der Waals surface area contributed by atoms with E-state index in [1.807, 2.05) is 31.2 Å². The van der Waals surface area contributed by atoms with Gasteiger partial charge in [-0.3, -0.25) is 0 Å². The zero-order chi connectivity index (χ0) is 13.8. The number of halogens is 2. The minimum atomic E-state index is -0.849. The quantitative estimate of drug-likeness (QED) is 0.892. The largest absolute Gasteiger partial charge is 0.396 e. The van der Waals surface area contributed by atoms with Crippen molar-refractivity contribution in [1.29, 1.82) is 0 Å². The van der Waals surface area contributed by atoms with Gasteiger partial charge in [0, 0.05) is 5.92 Å². The van der Waals surface area contributed by atoms with Gasteiger partial charge in [-0.1, -0.05) is 35.9 Å². The van der Waals surface area contributed by atoms with Crippen molar-refractivity contribution in [3.8, 4) is 0 Å². The lowest BCUT2D eigenvalue weighted by Gasteiger charge is -2.15. The van der Waals surface area contributed by atoms with Crippen LogP contribution in [-0.2, 0) is 6.42 Å². The van der Waals surface area contributed by atoms with Gasteiger partial charge in [0.25, 0.3) is 0 Å². The third-order valence-electron chi connectivity index (χ3n) is 3.24. The van der Waals surface area contributed by atoms with E-state index < -0.39 is 11.6 Å². The van der Waals surface area contributed by atoms with E-state index in [0.717, 1.165) is 17.2 Å². The second kappa shape index (κ2) is 5.93. The van der Waals surface area contributed by atoms with Gasteiger partial charge in [0.2, 0.25) is 0 Å². The van der Waals surface area contributed by atoms with Crippen molar-refractivity contribution >= 4 is 0 Å². The molecule has 0 fully saturated rings. The van der Waals surface area contributed by atoms with Crippen LogP contribution in [0.4, 0.5) is 8.78 Å². The summed E-state index contributed by atoms with van der Waals surface area (Å²) in [5, 5.41) is 9.47. The molecule has 0 spiro atoms. The highest BCUT2D eigenvalue weighted by Gasteiger charge is 2.12. The molecule has 0 aliphatic heterocycles. The predicted molar refractivity (Wildman–Crippen MR) is 71.1 cm³/mol. The van der Waals surface area contributed by atoms with Gasteiger partial charge >= 0.3 is 0 Å². The average molecular weight is 262 g/mol. The number of aliphatic hydroxyl groups is 1. The third-order valence-corrected chi connectivity index (χ3v) is 3.24. The van der Waals surface area contributed by atoms with Gasteiger partial charge in [-0.15, -0.1) is 0 Å². The van der Waals surface area contributed by atoms with Gasteiger partial charge in [-0.05, 0) is 36.6 Å². The minimum Gasteiger partial charge on any atom is -0.396 e. The fourth-order valence-corrected chi connectivity index (χ4v) is 2.08. The van der Waals surface area contributed by atoms with E-state index in [1.165, 1.54) is 6.07 Å². The van der Waals surface area contributed by atoms with E-state index in [4.69, 9.17) is 0 Å². The van der Waals surface area contributed by atoms with E-state index in [-0.39, 0.29) is 12.5 Å². The van der Waals surface area contributed by atoms with Gasteiger partial charge in [0.05, 0.1) is 6.61 Å². The van der Waals surface area contributed by atoms with E-state index in [9.17, 15) is 13.9 Å². The maximum absolute atomic E-state index is 13.2. The molecule has 0 bridgehead atoms. The summed E-state index contributed by atoms with van der Waals surface area (Å²) in [4.78, 5) is 0. The normalized spacial score (nSPS) is 12.4. The van der Waals surface area contributed by atoms with Crippen molar-refractivity contribution in [3.05, 3.63) is 70.8 Å². The molecule has 0 amide bonds. The Bertz CT molecular complexity index is 549. The average Bonchev–Trinajstić information content (AvgIpc) is 2.41. The molecule has 0 aliphatic rings. The topological polar surface area (TPSA) is 20.2 Å². The summed E-state index contributed by atoms with van der Waals surface area (Å²) < 4.78 is 26.0. The lowest BCUT2D eigenvalue weighted by atomic mass is 9.92. The molecule has 2 aromatic rings. The van der Waals surface area contributed by atoms with Crippen molar-refractivity contribution in [2.75, 3.05) is 6.61 Å². The fourth-order valence-electron chi connectivity index (χ4n) is 2.08. The van der Waals surface area contributed by atoms with Crippen LogP contribution in [0, 0.1) is 18.6 Å². The van der Waals surface area contributed by atoms with Gasteiger partial charge in [0.1, 0.15) is 0 Å². The second-order valence-corrected chi connectivity index (χ2v) is 4.74. The summed E-state index contributed by atoms with van der Waals surface area (Å²) >= 11 is 0. The SMILES string of the molecule is Cc1ccc(C(CO)Cc2ccc(F)c(F)c2)cc1. The van der Waals surface area contributed by atoms with Crippen LogP contribution in [0.15, 0.2) is 42.5 Å². The van der Waals surface area contributed by atoms with Crippen molar-refractivity contribution < 1.29 is 13.9 Å². The summed E-state index contributed by atoms with van der Waals surface area (Å²) in [6, 6.07) is 11.7. The molecular formula is C16H16F2O. The molecule has 1 nitrogen and oxygen atoms in total. The van der Waals surface area contributed by atoms with E-state index in [2.05, 4.69) is 0 Å². The van der Waals surface area contributed by atoms with Crippen LogP contribution in [0.3, 0.4) is 0 Å². The van der Waals surface area contributed by atoms with E-state index in [1.54, 1.807) is 6.07 Å². The summed E-state index contributed by atoms with van der Waals surface area (Å²) in [6.45, 7) is 1.97. The summed E-state index contributed by atoms with van der Waals surface area (Å²) in [5.41, 5.74) is 2.82. The molecule has 3 heteroatoms. The first-order valence-electron chi connectivity index (χ1n) is 6.21. The molecule has 1 unspecified atom stereocenters. The number of hydrogen-bond donors (Lipinski definition) is 1. The lowest BCUT2D eigenvalue weighted by molar-refractivity contribution is 0.264. The predicted octanol–water partition coefficient (Wildman–Crippen LogP) is 3.59. The Morgan fingerprint density at radius 1 is 1.00 bits per heavy atom. The van der Waals surface area contributed by atoms with Crippen molar-refractivity contribution in [2.24, 2.45) is 0 Å². The third kappa shape index (κ3) is 3.38. The van der Waals surface area contributed by atoms with Gasteiger partial charge < -0.3 is 5.11 Å². The molecule has 0 radical (unpaired) electrons. The molecule has 1 N–H and O–H groups in total. The zero-order valence-electron chi connectivity index (χ0n) is 10.7. The lowest BCUT2D eigenvalue weighted by Crippen LogP contribution is -2.08. The Morgan fingerprint density at radius 2 is 1.68 bits per heavy atom. The molecular weight excluding hydrogens is 246 g/mol. The van der Waals surface area contributed by atoms with Crippen molar-refractivity contribution in [3.63, 3.8) is 0 Å². The fraction of sp³-hybridized carbons (Fsp3) is 0.250. The smallest absolute Gasteiger partial charge is 0.159 e. The van der Waals surface area contributed by atoms with E-state index >= 15 is 0 Å². The Balaban J connectivity index is 2.18. The first-order chi connectivity index (χ1) is 9.10. The molecule has 19 heavy (non-hydrogen) atoms. The van der Waals surface area contributed by atoms with Crippen molar-refractivity contribution in [1.82, 2.24) is 0 Å². The number of hydrogen-bond acceptors (Lipinski definition) is 1. The van der Waals surface area contributed by atoms with Crippen molar-refractivity contribution in [2.45, 2.75) is 19.3 Å². The number of aliphatic hydroxyl groups excluding tert-OH is 1. The highest BCUT2D eigenvalue weighted by molar-refractivity contribution is 5.27. The molecule has 0 heterocycles. The molecule has 2 aromatic carbocycles. The van der Waals surface area contributed by atoms with Gasteiger partial charge in [0.15, 0.2) is 11.6 Å². The van der Waals surface area contributed by atoms with Crippen LogP contribution in [0.1, 0.15) is 22.6 Å². The molecule has 2 rings (SSSR count). The Labute approximate surface area is 111 Å². The Hall–Kier alpha value is -1.74. The molecule has 1 atom stereocenters. The van der Waals surface area contributed by atoms with E-state index in [0.29, 0.717) is 12.0 Å². The Kier molecular flexibility index (Phi) is 4.27. The summed E-state index contributed by atoms with van der Waals surface area (Å²) in [6.07, 6.45) is 0.483. The highest BCUT2D eigenvalue weighted by atomic mass is 19.2. The van der Waals surface area contributed by atoms with Crippen LogP contribution in [-0.4, -0.2) is 11.7 Å². The summed E-state index contributed by atoms with van der Waals surface area (Å²) in [7, 11) is 0. The van der Waals surface area contributed by atoms with Crippen LogP contribution in [0.25, 0.3) is 0 Å². The monoisotopic (exact) mass is 262 g/mol. The maximum Gasteiger partial charge on any atom is 0.159 e. The first kappa shape index (κ1) is 13.7. The molecule has 0 saturated heterocycles. The van der Waals surface area contributed by atoms with Gasteiger partial charge in [-0.2, -0.15) is 0 Å².